The third-order valence-corrected chi connectivity index (χ3v) is 3.67. The predicted octanol–water partition coefficient (Wildman–Crippen LogP) is 1.87. The highest BCUT2D eigenvalue weighted by Gasteiger charge is 2.20. The zero-order chi connectivity index (χ0) is 16.9. The maximum Gasteiger partial charge on any atom is 0.272 e. The Kier molecular flexibility index (Phi) is 4.68. The van der Waals surface area contributed by atoms with Gasteiger partial charge >= 0.3 is 0 Å². The number of benzene rings is 1. The van der Waals surface area contributed by atoms with Crippen molar-refractivity contribution in [2.45, 2.75) is 6.92 Å². The molecule has 0 radical (unpaired) electrons. The highest BCUT2D eigenvalue weighted by atomic mass is 16.5. The van der Waals surface area contributed by atoms with Gasteiger partial charge in [0.1, 0.15) is 23.4 Å². The van der Waals surface area contributed by atoms with Gasteiger partial charge in [-0.1, -0.05) is 12.1 Å². The molecule has 1 saturated heterocycles. The first-order valence-electron chi connectivity index (χ1n) is 7.66. The first-order chi connectivity index (χ1) is 11.7. The van der Waals surface area contributed by atoms with Gasteiger partial charge in [-0.3, -0.25) is 4.79 Å². The first-order valence-corrected chi connectivity index (χ1v) is 7.66. The minimum Gasteiger partial charge on any atom is -0.378 e. The Hall–Kier alpha value is -2.98. The maximum absolute atomic E-state index is 12.6. The molecule has 24 heavy (non-hydrogen) atoms. The molecule has 0 bridgehead atoms. The number of para-hydroxylation sites is 1. The average molecular weight is 323 g/mol. The van der Waals surface area contributed by atoms with Crippen LogP contribution in [-0.4, -0.2) is 47.1 Å². The van der Waals surface area contributed by atoms with E-state index >= 15 is 0 Å². The molecule has 1 N–H and O–H groups in total. The Morgan fingerprint density at radius 3 is 2.79 bits per heavy atom. The number of anilines is 2. The van der Waals surface area contributed by atoms with Crippen LogP contribution < -0.4 is 5.32 Å². The molecule has 7 nitrogen and oxygen atoms in total. The molecule has 2 aromatic rings. The van der Waals surface area contributed by atoms with Gasteiger partial charge in [-0.2, -0.15) is 5.26 Å². The van der Waals surface area contributed by atoms with E-state index in [1.807, 2.05) is 6.07 Å². The molecule has 122 valence electrons. The molecule has 1 aromatic carbocycles. The Bertz CT molecular complexity index is 794. The summed E-state index contributed by atoms with van der Waals surface area (Å²) < 4.78 is 5.27. The molecule has 1 aliphatic rings. The maximum atomic E-state index is 12.6. The standard InChI is InChI=1S/C17H17N5O2/c1-12-19-15(17(23)22-6-8-24-9-7-22)10-16(20-12)21-14-5-3-2-4-13(14)11-18/h2-5,10H,6-9H2,1H3,(H,19,20,21). The van der Waals surface area contributed by atoms with Gasteiger partial charge in [-0.15, -0.1) is 0 Å². The van der Waals surface area contributed by atoms with Crippen LogP contribution in [0.4, 0.5) is 11.5 Å². The summed E-state index contributed by atoms with van der Waals surface area (Å²) in [5.41, 5.74) is 1.49. The van der Waals surface area contributed by atoms with Gasteiger partial charge in [0.15, 0.2) is 0 Å². The van der Waals surface area contributed by atoms with E-state index in [2.05, 4.69) is 21.4 Å². The van der Waals surface area contributed by atoms with Crippen molar-refractivity contribution in [2.24, 2.45) is 0 Å². The molecule has 0 spiro atoms. The molecule has 0 saturated carbocycles. The Balaban J connectivity index is 1.86. The number of rotatable bonds is 3. The Morgan fingerprint density at radius 1 is 1.29 bits per heavy atom. The zero-order valence-electron chi connectivity index (χ0n) is 13.3. The molecule has 1 fully saturated rings. The fourth-order valence-corrected chi connectivity index (χ4v) is 2.50. The van der Waals surface area contributed by atoms with Gasteiger partial charge in [-0.25, -0.2) is 9.97 Å². The van der Waals surface area contributed by atoms with Gasteiger partial charge in [0.2, 0.25) is 0 Å². The highest BCUT2D eigenvalue weighted by molar-refractivity contribution is 5.93. The number of morpholine rings is 1. The molecule has 1 aliphatic heterocycles. The number of hydrogen-bond acceptors (Lipinski definition) is 6. The van der Waals surface area contributed by atoms with Crippen LogP contribution in [0.15, 0.2) is 30.3 Å². The van der Waals surface area contributed by atoms with Crippen molar-refractivity contribution in [3.63, 3.8) is 0 Å². The second kappa shape index (κ2) is 7.06. The predicted molar refractivity (Wildman–Crippen MR) is 87.9 cm³/mol. The number of nitriles is 1. The van der Waals surface area contributed by atoms with Gasteiger partial charge in [0.05, 0.1) is 24.5 Å². The summed E-state index contributed by atoms with van der Waals surface area (Å²) in [6, 6.07) is 10.9. The summed E-state index contributed by atoms with van der Waals surface area (Å²) in [4.78, 5) is 22.9. The minimum atomic E-state index is -0.139. The number of nitrogens with zero attached hydrogens (tertiary/aromatic N) is 4. The van der Waals surface area contributed by atoms with E-state index in [1.54, 1.807) is 36.1 Å². The summed E-state index contributed by atoms with van der Waals surface area (Å²) in [7, 11) is 0. The van der Waals surface area contributed by atoms with E-state index in [-0.39, 0.29) is 5.91 Å². The normalized spacial score (nSPS) is 14.1. The lowest BCUT2D eigenvalue weighted by molar-refractivity contribution is 0.0299. The number of nitrogens with one attached hydrogen (secondary N) is 1. The van der Waals surface area contributed by atoms with Crippen LogP contribution in [0.25, 0.3) is 0 Å². The second-order valence-corrected chi connectivity index (χ2v) is 5.37. The van der Waals surface area contributed by atoms with Crippen molar-refractivity contribution >= 4 is 17.4 Å². The number of aromatic nitrogens is 2. The van der Waals surface area contributed by atoms with Crippen LogP contribution in [0.2, 0.25) is 0 Å². The molecule has 0 unspecified atom stereocenters. The highest BCUT2D eigenvalue weighted by Crippen LogP contribution is 2.20. The Morgan fingerprint density at radius 2 is 2.04 bits per heavy atom. The van der Waals surface area contributed by atoms with E-state index in [0.717, 1.165) is 0 Å². The van der Waals surface area contributed by atoms with Gasteiger partial charge in [0, 0.05) is 19.2 Å². The first kappa shape index (κ1) is 15.9. The lowest BCUT2D eigenvalue weighted by Gasteiger charge is -2.26. The van der Waals surface area contributed by atoms with E-state index in [9.17, 15) is 4.79 Å². The van der Waals surface area contributed by atoms with Crippen LogP contribution in [0.1, 0.15) is 21.9 Å². The van der Waals surface area contributed by atoms with E-state index in [1.165, 1.54) is 0 Å². The van der Waals surface area contributed by atoms with Crippen LogP contribution in [0.5, 0.6) is 0 Å². The smallest absolute Gasteiger partial charge is 0.272 e. The lowest BCUT2D eigenvalue weighted by Crippen LogP contribution is -2.41. The molecule has 1 amide bonds. The summed E-state index contributed by atoms with van der Waals surface area (Å²) in [6.45, 7) is 3.92. The van der Waals surface area contributed by atoms with Crippen molar-refractivity contribution in [1.82, 2.24) is 14.9 Å². The number of hydrogen-bond donors (Lipinski definition) is 1. The Labute approximate surface area is 139 Å². The molecule has 3 rings (SSSR count). The van der Waals surface area contributed by atoms with Crippen molar-refractivity contribution in [2.75, 3.05) is 31.6 Å². The molecular weight excluding hydrogens is 306 g/mol. The van der Waals surface area contributed by atoms with Gasteiger partial charge < -0.3 is 15.0 Å². The summed E-state index contributed by atoms with van der Waals surface area (Å²) in [5, 5.41) is 12.3. The zero-order valence-corrected chi connectivity index (χ0v) is 13.3. The summed E-state index contributed by atoms with van der Waals surface area (Å²) in [6.07, 6.45) is 0. The van der Waals surface area contributed by atoms with Crippen LogP contribution in [-0.2, 0) is 4.74 Å². The SMILES string of the molecule is Cc1nc(Nc2ccccc2C#N)cc(C(=O)N2CCOCC2)n1. The summed E-state index contributed by atoms with van der Waals surface area (Å²) >= 11 is 0. The van der Waals surface area contributed by atoms with E-state index < -0.39 is 0 Å². The summed E-state index contributed by atoms with van der Waals surface area (Å²) in [5.74, 6) is 0.841. The molecule has 2 heterocycles. The molecule has 1 aromatic heterocycles. The topological polar surface area (TPSA) is 91.1 Å². The third-order valence-electron chi connectivity index (χ3n) is 3.67. The fourth-order valence-electron chi connectivity index (χ4n) is 2.50. The van der Waals surface area contributed by atoms with Crippen LogP contribution >= 0.6 is 0 Å². The van der Waals surface area contributed by atoms with Crippen LogP contribution in [0, 0.1) is 18.3 Å². The average Bonchev–Trinajstić information content (AvgIpc) is 2.62. The van der Waals surface area contributed by atoms with E-state index in [4.69, 9.17) is 10.00 Å². The van der Waals surface area contributed by atoms with Crippen molar-refractivity contribution < 1.29 is 9.53 Å². The number of carbonyl (C=O) groups is 1. The van der Waals surface area contributed by atoms with Gasteiger partial charge in [0.25, 0.3) is 5.91 Å². The number of carbonyl (C=O) groups excluding carboxylic acids is 1. The van der Waals surface area contributed by atoms with Gasteiger partial charge in [-0.05, 0) is 19.1 Å². The monoisotopic (exact) mass is 323 g/mol. The molecule has 0 aliphatic carbocycles. The lowest BCUT2D eigenvalue weighted by atomic mass is 10.2. The molecule has 7 heteroatoms. The quantitative estimate of drug-likeness (QED) is 0.927. The molecular formula is C17H17N5O2. The van der Waals surface area contributed by atoms with Crippen molar-refractivity contribution in [3.05, 3.63) is 47.4 Å². The fraction of sp³-hybridized carbons (Fsp3) is 0.294. The van der Waals surface area contributed by atoms with Crippen LogP contribution in [0.3, 0.4) is 0 Å². The second-order valence-electron chi connectivity index (χ2n) is 5.37. The third kappa shape index (κ3) is 3.50. The largest absolute Gasteiger partial charge is 0.378 e. The number of ether oxygens (including phenoxy) is 1. The van der Waals surface area contributed by atoms with E-state index in [0.29, 0.717) is 54.9 Å². The van der Waals surface area contributed by atoms with Crippen molar-refractivity contribution in [3.8, 4) is 6.07 Å². The number of amides is 1. The molecule has 0 atom stereocenters. The van der Waals surface area contributed by atoms with Crippen molar-refractivity contribution in [1.29, 1.82) is 5.26 Å². The number of aryl methyl sites for hydroxylation is 1. The minimum absolute atomic E-state index is 0.139.